The number of nitrogens with zero attached hydrogens (tertiary/aromatic N) is 2. The Labute approximate surface area is 193 Å². The maximum Gasteiger partial charge on any atom is 0.416 e. The minimum atomic E-state index is -4.57. The van der Waals surface area contributed by atoms with Crippen LogP contribution >= 0.6 is 0 Å². The Bertz CT molecular complexity index is 1190. The molecule has 7 nitrogen and oxygen atoms in total. The molecule has 10 heteroatoms. The quantitative estimate of drug-likeness (QED) is 0.549. The zero-order chi connectivity index (χ0) is 24.1. The van der Waals surface area contributed by atoms with Crippen LogP contribution in [-0.4, -0.2) is 49.8 Å². The van der Waals surface area contributed by atoms with Gasteiger partial charge in [-0.3, -0.25) is 14.6 Å². The summed E-state index contributed by atoms with van der Waals surface area (Å²) in [5.41, 5.74) is 0.857. The molecule has 1 fully saturated rings. The van der Waals surface area contributed by atoms with Gasteiger partial charge in [0.2, 0.25) is 0 Å². The number of aromatic nitrogens is 1. The van der Waals surface area contributed by atoms with E-state index in [1.807, 2.05) is 17.0 Å². The summed E-state index contributed by atoms with van der Waals surface area (Å²) in [6.45, 7) is 1.17. The largest absolute Gasteiger partial charge is 0.455 e. The Kier molecular flexibility index (Phi) is 6.97. The number of hydrogen-bond donors (Lipinski definition) is 1. The molecular formula is C24H22F3N3O4. The molecule has 4 rings (SSSR count). The summed E-state index contributed by atoms with van der Waals surface area (Å²) in [5, 5.41) is 3.32. The molecule has 1 amide bonds. The molecule has 178 valence electrons. The standard InChI is InChI=1S/C24H22F3N3O4/c25-24(26,27)18-6-7-20(30-9-11-33-12-10-30)19(14-18)29-21(31)15-34-22(32)13-17-4-1-3-16-5-2-8-28-23(16)17/h1-8,14H,9-13,15H2,(H,29,31). The van der Waals surface area contributed by atoms with Crippen molar-refractivity contribution in [1.29, 1.82) is 0 Å². The molecule has 2 aromatic carbocycles. The monoisotopic (exact) mass is 473 g/mol. The molecule has 1 aromatic heterocycles. The first-order valence-corrected chi connectivity index (χ1v) is 10.6. The minimum Gasteiger partial charge on any atom is -0.455 e. The first kappa shape index (κ1) is 23.5. The van der Waals surface area contributed by atoms with Crippen molar-refractivity contribution in [2.24, 2.45) is 0 Å². The first-order chi connectivity index (χ1) is 16.3. The molecule has 0 radical (unpaired) electrons. The van der Waals surface area contributed by atoms with Crippen LogP contribution in [0.2, 0.25) is 0 Å². The fraction of sp³-hybridized carbons (Fsp3) is 0.292. The lowest BCUT2D eigenvalue weighted by molar-refractivity contribution is -0.146. The van der Waals surface area contributed by atoms with E-state index in [9.17, 15) is 22.8 Å². The summed E-state index contributed by atoms with van der Waals surface area (Å²) < 4.78 is 50.1. The van der Waals surface area contributed by atoms with Gasteiger partial charge in [-0.2, -0.15) is 13.2 Å². The molecule has 1 saturated heterocycles. The van der Waals surface area contributed by atoms with E-state index in [1.54, 1.807) is 24.4 Å². The second-order valence-electron chi connectivity index (χ2n) is 7.71. The smallest absolute Gasteiger partial charge is 0.416 e. The van der Waals surface area contributed by atoms with E-state index in [2.05, 4.69) is 10.3 Å². The van der Waals surface area contributed by atoms with Crippen LogP contribution in [-0.2, 0) is 31.7 Å². The van der Waals surface area contributed by atoms with Crippen LogP contribution in [0.4, 0.5) is 24.5 Å². The molecule has 0 bridgehead atoms. The number of anilines is 2. The number of halogens is 3. The average Bonchev–Trinajstić information content (AvgIpc) is 2.83. The number of amides is 1. The van der Waals surface area contributed by atoms with E-state index in [-0.39, 0.29) is 12.1 Å². The number of carbonyl (C=O) groups excluding carboxylic acids is 2. The highest BCUT2D eigenvalue weighted by Gasteiger charge is 2.32. The summed E-state index contributed by atoms with van der Waals surface area (Å²) in [5.74, 6) is -1.39. The van der Waals surface area contributed by atoms with Crippen LogP contribution in [0.25, 0.3) is 10.9 Å². The number of alkyl halides is 3. The van der Waals surface area contributed by atoms with Gasteiger partial charge in [-0.05, 0) is 29.8 Å². The fourth-order valence-electron chi connectivity index (χ4n) is 3.74. The van der Waals surface area contributed by atoms with Crippen LogP contribution in [0.1, 0.15) is 11.1 Å². The molecular weight excluding hydrogens is 451 g/mol. The van der Waals surface area contributed by atoms with Crippen molar-refractivity contribution in [3.8, 4) is 0 Å². The third-order valence-electron chi connectivity index (χ3n) is 5.37. The number of fused-ring (bicyclic) bond motifs is 1. The number of rotatable bonds is 6. The predicted molar refractivity (Wildman–Crippen MR) is 120 cm³/mol. The van der Waals surface area contributed by atoms with Crippen LogP contribution in [0.15, 0.2) is 54.7 Å². The summed E-state index contributed by atoms with van der Waals surface area (Å²) in [7, 11) is 0. The maximum atomic E-state index is 13.2. The zero-order valence-electron chi connectivity index (χ0n) is 18.1. The number of ether oxygens (including phenoxy) is 2. The Hall–Kier alpha value is -3.66. The Morgan fingerprint density at radius 1 is 1.09 bits per heavy atom. The SMILES string of the molecule is O=C(COC(=O)Cc1cccc2cccnc12)Nc1cc(C(F)(F)F)ccc1N1CCOCC1. The second kappa shape index (κ2) is 10.1. The summed E-state index contributed by atoms with van der Waals surface area (Å²) >= 11 is 0. The number of hydrogen-bond acceptors (Lipinski definition) is 6. The minimum absolute atomic E-state index is 0.00368. The van der Waals surface area contributed by atoms with E-state index in [1.165, 1.54) is 6.07 Å². The van der Waals surface area contributed by atoms with Crippen molar-refractivity contribution in [3.63, 3.8) is 0 Å². The third-order valence-corrected chi connectivity index (χ3v) is 5.37. The second-order valence-corrected chi connectivity index (χ2v) is 7.71. The van der Waals surface area contributed by atoms with Gasteiger partial charge in [0, 0.05) is 24.7 Å². The first-order valence-electron chi connectivity index (χ1n) is 10.6. The van der Waals surface area contributed by atoms with Gasteiger partial charge in [-0.25, -0.2) is 0 Å². The van der Waals surface area contributed by atoms with Gasteiger partial charge < -0.3 is 19.7 Å². The lowest BCUT2D eigenvalue weighted by Crippen LogP contribution is -2.37. The van der Waals surface area contributed by atoms with Crippen LogP contribution in [0.5, 0.6) is 0 Å². The molecule has 2 heterocycles. The highest BCUT2D eigenvalue weighted by molar-refractivity contribution is 5.96. The number of morpholine rings is 1. The van der Waals surface area contributed by atoms with E-state index in [0.717, 1.165) is 17.5 Å². The highest BCUT2D eigenvalue weighted by atomic mass is 19.4. The number of esters is 1. The molecule has 34 heavy (non-hydrogen) atoms. The van der Waals surface area contributed by atoms with Gasteiger partial charge in [-0.15, -0.1) is 0 Å². The number of benzene rings is 2. The zero-order valence-corrected chi connectivity index (χ0v) is 18.1. The van der Waals surface area contributed by atoms with E-state index in [4.69, 9.17) is 9.47 Å². The van der Waals surface area contributed by atoms with Gasteiger partial charge in [-0.1, -0.05) is 24.3 Å². The lowest BCUT2D eigenvalue weighted by Gasteiger charge is -2.31. The van der Waals surface area contributed by atoms with E-state index in [0.29, 0.717) is 43.1 Å². The molecule has 0 saturated carbocycles. The van der Waals surface area contributed by atoms with Crippen molar-refractivity contribution in [2.75, 3.05) is 43.1 Å². The van der Waals surface area contributed by atoms with Crippen LogP contribution in [0, 0.1) is 0 Å². The van der Waals surface area contributed by atoms with Gasteiger partial charge >= 0.3 is 12.1 Å². The molecule has 0 aliphatic carbocycles. The number of pyridine rings is 1. The fourth-order valence-corrected chi connectivity index (χ4v) is 3.74. The topological polar surface area (TPSA) is 80.8 Å². The molecule has 0 atom stereocenters. The number of carbonyl (C=O) groups is 2. The Morgan fingerprint density at radius 2 is 1.85 bits per heavy atom. The van der Waals surface area contributed by atoms with Gasteiger partial charge in [0.15, 0.2) is 6.61 Å². The number of nitrogens with one attached hydrogen (secondary N) is 1. The Morgan fingerprint density at radius 3 is 2.62 bits per heavy atom. The summed E-state index contributed by atoms with van der Waals surface area (Å²) in [6.07, 6.45) is -3.04. The van der Waals surface area contributed by atoms with Gasteiger partial charge in [0.05, 0.1) is 42.1 Å². The molecule has 1 aliphatic rings. The summed E-state index contributed by atoms with van der Waals surface area (Å²) in [6, 6.07) is 12.2. The normalized spacial score (nSPS) is 14.1. The predicted octanol–water partition coefficient (Wildman–Crippen LogP) is 3.81. The third kappa shape index (κ3) is 5.63. The van der Waals surface area contributed by atoms with Crippen molar-refractivity contribution < 1.29 is 32.2 Å². The van der Waals surface area contributed by atoms with E-state index < -0.39 is 30.2 Å². The van der Waals surface area contributed by atoms with E-state index >= 15 is 0 Å². The maximum absolute atomic E-state index is 13.2. The molecule has 3 aromatic rings. The highest BCUT2D eigenvalue weighted by Crippen LogP contribution is 2.35. The molecule has 0 unspecified atom stereocenters. The van der Waals surface area contributed by atoms with Gasteiger partial charge in [0.25, 0.3) is 5.91 Å². The van der Waals surface area contributed by atoms with Crippen LogP contribution < -0.4 is 10.2 Å². The van der Waals surface area contributed by atoms with Crippen molar-refractivity contribution in [3.05, 3.63) is 65.9 Å². The molecule has 1 aliphatic heterocycles. The number of para-hydroxylation sites is 1. The van der Waals surface area contributed by atoms with Crippen LogP contribution in [0.3, 0.4) is 0 Å². The average molecular weight is 473 g/mol. The summed E-state index contributed by atoms with van der Waals surface area (Å²) in [4.78, 5) is 30.9. The lowest BCUT2D eigenvalue weighted by atomic mass is 10.1. The molecule has 0 spiro atoms. The van der Waals surface area contributed by atoms with Crippen molar-refractivity contribution in [1.82, 2.24) is 4.98 Å². The molecule has 1 N–H and O–H groups in total. The van der Waals surface area contributed by atoms with Crippen molar-refractivity contribution >= 4 is 34.2 Å². The Balaban J connectivity index is 1.43. The van der Waals surface area contributed by atoms with Crippen molar-refractivity contribution in [2.45, 2.75) is 12.6 Å². The van der Waals surface area contributed by atoms with Gasteiger partial charge in [0.1, 0.15) is 0 Å².